The lowest BCUT2D eigenvalue weighted by Crippen LogP contribution is -2.34. The summed E-state index contributed by atoms with van der Waals surface area (Å²) >= 11 is 0. The monoisotopic (exact) mass is 415 g/mol. The number of carbonyl (C=O) groups excluding carboxylic acids is 2. The minimum Gasteiger partial charge on any atom is -0.467 e. The number of nitrogens with one attached hydrogen (secondary N) is 2. The van der Waals surface area contributed by atoms with Crippen LogP contribution in [0.5, 0.6) is 5.75 Å². The van der Waals surface area contributed by atoms with E-state index in [2.05, 4.69) is 10.6 Å². The molecule has 10 nitrogen and oxygen atoms in total. The average molecular weight is 415 g/mol. The van der Waals surface area contributed by atoms with Gasteiger partial charge in [-0.1, -0.05) is 12.1 Å². The van der Waals surface area contributed by atoms with E-state index in [1.54, 1.807) is 18.2 Å². The lowest BCUT2D eigenvalue weighted by atomic mass is 10.1. The number of benzene rings is 2. The predicted molar refractivity (Wildman–Crippen MR) is 106 cm³/mol. The number of anilines is 1. The minimum atomic E-state index is -0.692. The number of nitro benzene ring substituents is 1. The van der Waals surface area contributed by atoms with E-state index < -0.39 is 16.9 Å². The van der Waals surface area contributed by atoms with Crippen LogP contribution in [0.2, 0.25) is 0 Å². The van der Waals surface area contributed by atoms with Gasteiger partial charge in [-0.15, -0.1) is 0 Å². The maximum atomic E-state index is 12.6. The van der Waals surface area contributed by atoms with E-state index in [1.807, 2.05) is 13.8 Å². The first kappa shape index (κ1) is 21.1. The Bertz CT molecular complexity index is 975. The third kappa shape index (κ3) is 5.03. The zero-order valence-electron chi connectivity index (χ0n) is 16.5. The van der Waals surface area contributed by atoms with Crippen LogP contribution in [0.15, 0.2) is 36.4 Å². The standard InChI is InChI=1S/C20H21N3O7/c1-12(2)21-20(25)22-17-6-4-3-5-16(17)19(24)29-10-14-8-15(23(26)27)7-13-9-28-11-30-18(13)14/h3-8,12H,9-11H2,1-2H3,(H2,21,22,25). The average Bonchev–Trinajstić information content (AvgIpc) is 2.71. The molecule has 0 bridgehead atoms. The SMILES string of the molecule is CC(C)NC(=O)Nc1ccccc1C(=O)OCc1cc([N+](=O)[O-])cc2c1OCOC2. The van der Waals surface area contributed by atoms with Crippen molar-refractivity contribution >= 4 is 23.4 Å². The van der Waals surface area contributed by atoms with Crippen LogP contribution >= 0.6 is 0 Å². The Balaban J connectivity index is 1.77. The second-order valence-electron chi connectivity index (χ2n) is 6.84. The fourth-order valence-electron chi connectivity index (χ4n) is 2.91. The molecule has 30 heavy (non-hydrogen) atoms. The number of urea groups is 1. The molecular formula is C20H21N3O7. The molecule has 1 aliphatic rings. The van der Waals surface area contributed by atoms with Crippen molar-refractivity contribution in [3.05, 3.63) is 63.2 Å². The summed E-state index contributed by atoms with van der Waals surface area (Å²) in [6.07, 6.45) is 0. The van der Waals surface area contributed by atoms with E-state index in [4.69, 9.17) is 14.2 Å². The van der Waals surface area contributed by atoms with E-state index in [0.717, 1.165) is 0 Å². The summed E-state index contributed by atoms with van der Waals surface area (Å²) in [6.45, 7) is 3.55. The third-order valence-corrected chi connectivity index (χ3v) is 4.16. The summed E-state index contributed by atoms with van der Waals surface area (Å²) < 4.78 is 16.0. The highest BCUT2D eigenvalue weighted by Gasteiger charge is 2.22. The first-order chi connectivity index (χ1) is 14.3. The van der Waals surface area contributed by atoms with Gasteiger partial charge in [0.05, 0.1) is 22.8 Å². The molecule has 10 heteroatoms. The van der Waals surface area contributed by atoms with Crippen LogP contribution in [0.3, 0.4) is 0 Å². The first-order valence-corrected chi connectivity index (χ1v) is 9.19. The molecule has 1 aliphatic heterocycles. The zero-order valence-corrected chi connectivity index (χ0v) is 16.5. The highest BCUT2D eigenvalue weighted by Crippen LogP contribution is 2.33. The Kier molecular flexibility index (Phi) is 6.48. The van der Waals surface area contributed by atoms with Crippen molar-refractivity contribution < 1.29 is 28.7 Å². The normalized spacial score (nSPS) is 12.5. The van der Waals surface area contributed by atoms with Gasteiger partial charge < -0.3 is 24.8 Å². The fraction of sp³-hybridized carbons (Fsp3) is 0.300. The summed E-state index contributed by atoms with van der Waals surface area (Å²) in [7, 11) is 0. The van der Waals surface area contributed by atoms with Gasteiger partial charge in [0.25, 0.3) is 5.69 Å². The molecule has 3 rings (SSSR count). The molecule has 2 aromatic rings. The topological polar surface area (TPSA) is 129 Å². The number of para-hydroxylation sites is 1. The van der Waals surface area contributed by atoms with Gasteiger partial charge in [0.1, 0.15) is 12.4 Å². The largest absolute Gasteiger partial charge is 0.467 e. The van der Waals surface area contributed by atoms with E-state index in [1.165, 1.54) is 18.2 Å². The quantitative estimate of drug-likeness (QED) is 0.420. The lowest BCUT2D eigenvalue weighted by Gasteiger charge is -2.20. The predicted octanol–water partition coefficient (Wildman–Crippen LogP) is 3.35. The summed E-state index contributed by atoms with van der Waals surface area (Å²) in [5.74, 6) is -0.287. The summed E-state index contributed by atoms with van der Waals surface area (Å²) in [6, 6.07) is 8.54. The molecule has 2 aromatic carbocycles. The highest BCUT2D eigenvalue weighted by molar-refractivity contribution is 6.00. The van der Waals surface area contributed by atoms with E-state index in [-0.39, 0.29) is 43.0 Å². The summed E-state index contributed by atoms with van der Waals surface area (Å²) in [5, 5.41) is 16.5. The molecular weight excluding hydrogens is 394 g/mol. The second-order valence-corrected chi connectivity index (χ2v) is 6.84. The molecule has 0 saturated carbocycles. The lowest BCUT2D eigenvalue weighted by molar-refractivity contribution is -0.385. The van der Waals surface area contributed by atoms with Gasteiger partial charge in [0.15, 0.2) is 6.79 Å². The highest BCUT2D eigenvalue weighted by atomic mass is 16.7. The molecule has 0 unspecified atom stereocenters. The number of fused-ring (bicyclic) bond motifs is 1. The van der Waals surface area contributed by atoms with Crippen LogP contribution < -0.4 is 15.4 Å². The number of amides is 2. The maximum Gasteiger partial charge on any atom is 0.340 e. The van der Waals surface area contributed by atoms with Crippen molar-refractivity contribution in [1.82, 2.24) is 5.32 Å². The molecule has 0 radical (unpaired) electrons. The van der Waals surface area contributed by atoms with Gasteiger partial charge in [-0.05, 0) is 26.0 Å². The van der Waals surface area contributed by atoms with Gasteiger partial charge >= 0.3 is 12.0 Å². The number of non-ortho nitro benzene ring substituents is 1. The van der Waals surface area contributed by atoms with Crippen molar-refractivity contribution in [1.29, 1.82) is 0 Å². The van der Waals surface area contributed by atoms with Crippen LogP contribution in [0, 0.1) is 10.1 Å². The maximum absolute atomic E-state index is 12.6. The molecule has 158 valence electrons. The Morgan fingerprint density at radius 2 is 2.03 bits per heavy atom. The number of hydrogen-bond donors (Lipinski definition) is 2. The van der Waals surface area contributed by atoms with E-state index in [0.29, 0.717) is 16.9 Å². The van der Waals surface area contributed by atoms with Gasteiger partial charge in [-0.25, -0.2) is 9.59 Å². The number of nitrogens with zero attached hydrogens (tertiary/aromatic N) is 1. The van der Waals surface area contributed by atoms with Gasteiger partial charge in [0, 0.05) is 29.3 Å². The van der Waals surface area contributed by atoms with Crippen LogP contribution in [0.1, 0.15) is 35.3 Å². The van der Waals surface area contributed by atoms with Crippen LogP contribution in [-0.4, -0.2) is 29.8 Å². The molecule has 1 heterocycles. The number of hydrogen-bond acceptors (Lipinski definition) is 7. The van der Waals surface area contributed by atoms with Crippen molar-refractivity contribution in [3.8, 4) is 5.75 Å². The van der Waals surface area contributed by atoms with Gasteiger partial charge in [-0.2, -0.15) is 0 Å². The van der Waals surface area contributed by atoms with Gasteiger partial charge in [-0.3, -0.25) is 10.1 Å². The number of rotatable bonds is 6. The molecule has 0 aliphatic carbocycles. The van der Waals surface area contributed by atoms with Crippen LogP contribution in [-0.2, 0) is 22.7 Å². The first-order valence-electron chi connectivity index (χ1n) is 9.19. The Hall–Kier alpha value is -3.66. The molecule has 0 saturated heterocycles. The molecule has 0 spiro atoms. The van der Waals surface area contributed by atoms with E-state index >= 15 is 0 Å². The number of carbonyl (C=O) groups is 2. The Morgan fingerprint density at radius 1 is 1.27 bits per heavy atom. The number of nitro groups is 1. The van der Waals surface area contributed by atoms with Crippen molar-refractivity contribution in [2.45, 2.75) is 33.1 Å². The second kappa shape index (κ2) is 9.23. The number of esters is 1. The van der Waals surface area contributed by atoms with Crippen LogP contribution in [0.25, 0.3) is 0 Å². The Labute approximate surface area is 172 Å². The summed E-state index contributed by atoms with van der Waals surface area (Å²) in [4.78, 5) is 35.3. The molecule has 2 amide bonds. The smallest absolute Gasteiger partial charge is 0.340 e. The summed E-state index contributed by atoms with van der Waals surface area (Å²) in [5.41, 5.74) is 1.15. The fourth-order valence-corrected chi connectivity index (χ4v) is 2.91. The van der Waals surface area contributed by atoms with Crippen molar-refractivity contribution in [2.75, 3.05) is 12.1 Å². The van der Waals surface area contributed by atoms with E-state index in [9.17, 15) is 19.7 Å². The molecule has 2 N–H and O–H groups in total. The number of ether oxygens (including phenoxy) is 3. The third-order valence-electron chi connectivity index (χ3n) is 4.16. The molecule has 0 aromatic heterocycles. The molecule has 0 fully saturated rings. The van der Waals surface area contributed by atoms with Gasteiger partial charge in [0.2, 0.25) is 0 Å². The Morgan fingerprint density at radius 3 is 2.77 bits per heavy atom. The van der Waals surface area contributed by atoms with Crippen LogP contribution in [0.4, 0.5) is 16.2 Å². The minimum absolute atomic E-state index is 0.00345. The molecule has 0 atom stereocenters. The van der Waals surface area contributed by atoms with Crippen molar-refractivity contribution in [2.24, 2.45) is 0 Å². The van der Waals surface area contributed by atoms with Crippen molar-refractivity contribution in [3.63, 3.8) is 0 Å². The zero-order chi connectivity index (χ0) is 21.7.